The van der Waals surface area contributed by atoms with Crippen LogP contribution in [-0.4, -0.2) is 51.2 Å². The number of nitrogens with one attached hydrogen (secondary N) is 1. The predicted molar refractivity (Wildman–Crippen MR) is 82.0 cm³/mol. The van der Waals surface area contributed by atoms with Gasteiger partial charge in [-0.1, -0.05) is 17.3 Å². The van der Waals surface area contributed by atoms with Crippen molar-refractivity contribution in [3.8, 4) is 0 Å². The highest BCUT2D eigenvalue weighted by Gasteiger charge is 2.07. The van der Waals surface area contributed by atoms with Crippen LogP contribution in [0.25, 0.3) is 11.0 Å². The van der Waals surface area contributed by atoms with Crippen molar-refractivity contribution in [1.29, 1.82) is 0 Å². The van der Waals surface area contributed by atoms with E-state index in [0.29, 0.717) is 19.0 Å². The molecule has 0 spiro atoms. The van der Waals surface area contributed by atoms with Gasteiger partial charge in [-0.05, 0) is 12.1 Å². The lowest BCUT2D eigenvalue weighted by atomic mass is 10.3. The Labute approximate surface area is 131 Å². The molecule has 23 heavy (non-hydrogen) atoms. The van der Waals surface area contributed by atoms with Crippen LogP contribution in [0.2, 0.25) is 0 Å². The number of hydrogen-bond acceptors (Lipinski definition) is 6. The molecular weight excluding hydrogens is 300 g/mol. The minimum atomic E-state index is -0.548. The highest BCUT2D eigenvalue weighted by molar-refractivity contribution is 5.84. The van der Waals surface area contributed by atoms with Gasteiger partial charge in [0.25, 0.3) is 0 Å². The van der Waals surface area contributed by atoms with Gasteiger partial charge in [-0.2, -0.15) is 5.10 Å². The molecule has 0 bridgehead atoms. The Bertz CT molecular complexity index is 797. The first-order valence-electron chi connectivity index (χ1n) is 6.99. The van der Waals surface area contributed by atoms with E-state index in [1.54, 1.807) is 22.7 Å². The van der Waals surface area contributed by atoms with Crippen LogP contribution in [-0.2, 0) is 16.1 Å². The summed E-state index contributed by atoms with van der Waals surface area (Å²) in [6.45, 7) is 0.939. The number of amides is 1. The second-order valence-electron chi connectivity index (χ2n) is 4.74. The molecule has 0 atom stereocenters. The number of methoxy groups -OCH3 is 1. The minimum absolute atomic E-state index is 0.196. The molecule has 9 nitrogen and oxygen atoms in total. The van der Waals surface area contributed by atoms with Crippen LogP contribution in [0.4, 0.5) is 10.5 Å². The van der Waals surface area contributed by atoms with E-state index in [9.17, 15) is 4.79 Å². The highest BCUT2D eigenvalue weighted by atomic mass is 16.6. The van der Waals surface area contributed by atoms with Crippen LogP contribution in [0, 0.1) is 0 Å². The van der Waals surface area contributed by atoms with Crippen molar-refractivity contribution in [2.75, 3.05) is 25.6 Å². The van der Waals surface area contributed by atoms with Gasteiger partial charge < -0.3 is 9.47 Å². The lowest BCUT2D eigenvalue weighted by Gasteiger charge is -2.04. The Kier molecular flexibility index (Phi) is 4.48. The molecule has 0 aliphatic heterocycles. The minimum Gasteiger partial charge on any atom is -0.447 e. The molecular formula is C14H16N6O3. The maximum absolute atomic E-state index is 11.5. The van der Waals surface area contributed by atoms with E-state index in [4.69, 9.17) is 9.47 Å². The smallest absolute Gasteiger partial charge is 0.411 e. The summed E-state index contributed by atoms with van der Waals surface area (Å²) in [5.74, 6) is 0. The molecule has 0 saturated heterocycles. The zero-order valence-corrected chi connectivity index (χ0v) is 12.5. The lowest BCUT2D eigenvalue weighted by Crippen LogP contribution is -2.16. The third-order valence-electron chi connectivity index (χ3n) is 3.10. The third-order valence-corrected chi connectivity index (χ3v) is 3.10. The SMILES string of the molecule is COCCOC(=O)Nc1cnn(Cn2nnc3ccccc32)c1. The van der Waals surface area contributed by atoms with Crippen molar-refractivity contribution in [2.24, 2.45) is 0 Å². The van der Waals surface area contributed by atoms with Crippen LogP contribution < -0.4 is 5.32 Å². The van der Waals surface area contributed by atoms with E-state index in [-0.39, 0.29) is 6.61 Å². The highest BCUT2D eigenvalue weighted by Crippen LogP contribution is 2.11. The number of fused-ring (bicyclic) bond motifs is 1. The number of rotatable bonds is 6. The summed E-state index contributed by atoms with van der Waals surface area (Å²) < 4.78 is 13.1. The van der Waals surface area contributed by atoms with Gasteiger partial charge in [-0.25, -0.2) is 14.2 Å². The summed E-state index contributed by atoms with van der Waals surface area (Å²) >= 11 is 0. The van der Waals surface area contributed by atoms with E-state index in [0.717, 1.165) is 11.0 Å². The summed E-state index contributed by atoms with van der Waals surface area (Å²) in [4.78, 5) is 11.5. The Hall–Kier alpha value is -2.94. The first-order chi connectivity index (χ1) is 11.3. The average molecular weight is 316 g/mol. The first kappa shape index (κ1) is 15.0. The molecule has 0 radical (unpaired) electrons. The van der Waals surface area contributed by atoms with Gasteiger partial charge >= 0.3 is 6.09 Å². The lowest BCUT2D eigenvalue weighted by molar-refractivity contribution is 0.107. The van der Waals surface area contributed by atoms with Gasteiger partial charge in [-0.3, -0.25) is 5.32 Å². The van der Waals surface area contributed by atoms with E-state index in [1.807, 2.05) is 24.3 Å². The fraction of sp³-hybridized carbons (Fsp3) is 0.286. The normalized spacial score (nSPS) is 10.8. The zero-order valence-electron chi connectivity index (χ0n) is 12.5. The maximum atomic E-state index is 11.5. The number of carbonyl (C=O) groups is 1. The second-order valence-corrected chi connectivity index (χ2v) is 4.74. The number of anilines is 1. The van der Waals surface area contributed by atoms with Gasteiger partial charge in [0.15, 0.2) is 0 Å². The van der Waals surface area contributed by atoms with Crippen molar-refractivity contribution in [2.45, 2.75) is 6.67 Å². The molecule has 0 unspecified atom stereocenters. The number of aromatic nitrogens is 5. The van der Waals surface area contributed by atoms with E-state index in [2.05, 4.69) is 20.7 Å². The van der Waals surface area contributed by atoms with E-state index in [1.165, 1.54) is 6.20 Å². The van der Waals surface area contributed by atoms with Gasteiger partial charge in [0.05, 0.1) is 30.2 Å². The Morgan fingerprint density at radius 3 is 3.04 bits per heavy atom. The first-order valence-corrected chi connectivity index (χ1v) is 6.99. The molecule has 0 aliphatic rings. The standard InChI is InChI=1S/C14H16N6O3/c1-22-6-7-23-14(21)16-11-8-15-19(9-11)10-20-13-5-3-2-4-12(13)17-18-20/h2-5,8-9H,6-7,10H2,1H3,(H,16,21). The van der Waals surface area contributed by atoms with Crippen molar-refractivity contribution in [1.82, 2.24) is 24.8 Å². The average Bonchev–Trinajstić information content (AvgIpc) is 3.16. The summed E-state index contributed by atoms with van der Waals surface area (Å²) in [5, 5.41) is 14.9. The van der Waals surface area contributed by atoms with Crippen LogP contribution in [0.1, 0.15) is 0 Å². The van der Waals surface area contributed by atoms with Crippen molar-refractivity contribution in [3.05, 3.63) is 36.7 Å². The summed E-state index contributed by atoms with van der Waals surface area (Å²) in [6, 6.07) is 7.66. The Morgan fingerprint density at radius 1 is 1.30 bits per heavy atom. The molecule has 0 fully saturated rings. The zero-order chi connectivity index (χ0) is 16.1. The molecule has 9 heteroatoms. The quantitative estimate of drug-likeness (QED) is 0.689. The largest absolute Gasteiger partial charge is 0.447 e. The van der Waals surface area contributed by atoms with E-state index < -0.39 is 6.09 Å². The number of nitrogens with zero attached hydrogens (tertiary/aromatic N) is 5. The molecule has 2 aromatic heterocycles. The molecule has 1 N–H and O–H groups in total. The van der Waals surface area contributed by atoms with Gasteiger partial charge in [-0.15, -0.1) is 5.10 Å². The molecule has 0 saturated carbocycles. The van der Waals surface area contributed by atoms with Crippen LogP contribution in [0.5, 0.6) is 0 Å². The van der Waals surface area contributed by atoms with Gasteiger partial charge in [0.1, 0.15) is 18.8 Å². The number of ether oxygens (including phenoxy) is 2. The van der Waals surface area contributed by atoms with Crippen molar-refractivity contribution >= 4 is 22.8 Å². The molecule has 3 rings (SSSR count). The number of carbonyl (C=O) groups excluding carboxylic acids is 1. The Morgan fingerprint density at radius 2 is 2.17 bits per heavy atom. The monoisotopic (exact) mass is 316 g/mol. The van der Waals surface area contributed by atoms with E-state index >= 15 is 0 Å². The number of benzene rings is 1. The van der Waals surface area contributed by atoms with Crippen molar-refractivity contribution < 1.29 is 14.3 Å². The second kappa shape index (κ2) is 6.88. The molecule has 2 heterocycles. The summed E-state index contributed by atoms with van der Waals surface area (Å²) in [6.07, 6.45) is 2.68. The Balaban J connectivity index is 1.62. The molecule has 3 aromatic rings. The van der Waals surface area contributed by atoms with Gasteiger partial charge in [0, 0.05) is 7.11 Å². The summed E-state index contributed by atoms with van der Waals surface area (Å²) in [7, 11) is 1.54. The molecule has 120 valence electrons. The fourth-order valence-electron chi connectivity index (χ4n) is 2.04. The summed E-state index contributed by atoms with van der Waals surface area (Å²) in [5.41, 5.74) is 2.27. The maximum Gasteiger partial charge on any atom is 0.411 e. The van der Waals surface area contributed by atoms with Crippen LogP contribution in [0.3, 0.4) is 0 Å². The van der Waals surface area contributed by atoms with Gasteiger partial charge in [0.2, 0.25) is 0 Å². The van der Waals surface area contributed by atoms with Crippen LogP contribution in [0.15, 0.2) is 36.7 Å². The third kappa shape index (κ3) is 3.64. The predicted octanol–water partition coefficient (Wildman–Crippen LogP) is 1.33. The van der Waals surface area contributed by atoms with Crippen LogP contribution >= 0.6 is 0 Å². The fourth-order valence-corrected chi connectivity index (χ4v) is 2.04. The number of hydrogen-bond donors (Lipinski definition) is 1. The van der Waals surface area contributed by atoms with Crippen molar-refractivity contribution in [3.63, 3.8) is 0 Å². The molecule has 1 amide bonds. The number of para-hydroxylation sites is 1. The molecule has 0 aliphatic carbocycles. The molecule has 1 aromatic carbocycles. The topological polar surface area (TPSA) is 96.1 Å².